The molecule has 5 N–H and O–H groups in total. The number of nitrogens with two attached hydrogens (primary N) is 2. The molecule has 1 aliphatic heterocycles. The standard InChI is InChI=1S/C14H20N5O12P3/c15-3-1-2-8-5-19(14-12(8)13(16)17-7-18-14)11-4-9(20)10(29-11)6-28-33(24,25)31-34(26,27)30-32(21,22)23/h5,7,9-11,20H,3-4,6,15H2,(H,24,25)(H,26,27)(H2,16,17,18)(H2,21,22,23)/p-4. The fourth-order valence-electron chi connectivity index (χ4n) is 3.05. The second-order valence-electron chi connectivity index (χ2n) is 6.65. The largest absolute Gasteiger partial charge is 0.790 e. The number of hydrogen-bond acceptors (Lipinski definition) is 16. The molecule has 0 saturated carbocycles. The van der Waals surface area contributed by atoms with Crippen molar-refractivity contribution in [3.05, 3.63) is 18.1 Å². The minimum absolute atomic E-state index is 0.0676. The molecule has 0 spiro atoms. The third-order valence-corrected chi connectivity index (χ3v) is 7.94. The average Bonchev–Trinajstić information content (AvgIpc) is 3.23. The Labute approximate surface area is 191 Å². The van der Waals surface area contributed by atoms with Crippen LogP contribution in [-0.4, -0.2) is 45.0 Å². The van der Waals surface area contributed by atoms with Crippen LogP contribution in [0.15, 0.2) is 12.5 Å². The Morgan fingerprint density at radius 1 is 1.21 bits per heavy atom. The summed E-state index contributed by atoms with van der Waals surface area (Å²) in [5.41, 5.74) is 12.0. The van der Waals surface area contributed by atoms with E-state index >= 15 is 0 Å². The zero-order chi connectivity index (χ0) is 25.3. The predicted octanol–water partition coefficient (Wildman–Crippen LogP) is -3.21. The summed E-state index contributed by atoms with van der Waals surface area (Å²) in [6.45, 7) is -0.862. The zero-order valence-electron chi connectivity index (χ0n) is 16.8. The second-order valence-corrected chi connectivity index (χ2v) is 10.9. The lowest BCUT2D eigenvalue weighted by molar-refractivity contribution is -0.339. The summed E-state index contributed by atoms with van der Waals surface area (Å²) in [5, 5.41) is 10.7. The number of nitrogen functional groups attached to an aromatic ring is 1. The fourth-order valence-corrected chi connectivity index (χ4v) is 5.92. The van der Waals surface area contributed by atoms with Crippen molar-refractivity contribution in [2.45, 2.75) is 24.9 Å². The molecule has 0 aliphatic carbocycles. The Balaban J connectivity index is 1.74. The maximum atomic E-state index is 11.7. The van der Waals surface area contributed by atoms with Gasteiger partial charge in [-0.25, -0.2) is 14.3 Å². The highest BCUT2D eigenvalue weighted by molar-refractivity contribution is 7.64. The Bertz CT molecular complexity index is 1270. The third-order valence-electron chi connectivity index (χ3n) is 4.28. The third kappa shape index (κ3) is 6.69. The number of phosphoric acid groups is 3. The first-order valence-corrected chi connectivity index (χ1v) is 13.4. The van der Waals surface area contributed by atoms with E-state index in [2.05, 4.69) is 35.0 Å². The van der Waals surface area contributed by atoms with E-state index in [9.17, 15) is 38.4 Å². The van der Waals surface area contributed by atoms with Gasteiger partial charge in [0, 0.05) is 12.6 Å². The summed E-state index contributed by atoms with van der Waals surface area (Å²) >= 11 is 0. The number of fused-ring (bicyclic) bond motifs is 1. The van der Waals surface area contributed by atoms with Crippen LogP contribution in [0.2, 0.25) is 0 Å². The van der Waals surface area contributed by atoms with Gasteiger partial charge in [-0.2, -0.15) is 0 Å². The van der Waals surface area contributed by atoms with Gasteiger partial charge in [0.15, 0.2) is 0 Å². The number of nitrogens with zero attached hydrogens (tertiary/aromatic N) is 3. The van der Waals surface area contributed by atoms with E-state index in [4.69, 9.17) is 16.2 Å². The molecule has 3 rings (SSSR count). The van der Waals surface area contributed by atoms with E-state index in [1.165, 1.54) is 17.1 Å². The van der Waals surface area contributed by atoms with Crippen LogP contribution in [0.25, 0.3) is 11.0 Å². The van der Waals surface area contributed by atoms with Crippen molar-refractivity contribution in [1.29, 1.82) is 0 Å². The molecular weight excluding hydrogens is 523 g/mol. The van der Waals surface area contributed by atoms with Gasteiger partial charge in [0.2, 0.25) is 0 Å². The van der Waals surface area contributed by atoms with Crippen molar-refractivity contribution < 1.29 is 56.3 Å². The first-order valence-electron chi connectivity index (χ1n) is 9.06. The van der Waals surface area contributed by atoms with E-state index < -0.39 is 48.5 Å². The lowest BCUT2D eigenvalue weighted by Crippen LogP contribution is -2.27. The van der Waals surface area contributed by atoms with E-state index in [0.717, 1.165) is 0 Å². The first-order chi connectivity index (χ1) is 15.7. The molecule has 20 heteroatoms. The molecule has 0 bridgehead atoms. The highest BCUT2D eigenvalue weighted by atomic mass is 31.3. The van der Waals surface area contributed by atoms with Gasteiger partial charge in [-0.1, -0.05) is 11.8 Å². The second kappa shape index (κ2) is 10.1. The smallest absolute Gasteiger partial charge is 0.278 e. The van der Waals surface area contributed by atoms with E-state index in [0.29, 0.717) is 16.6 Å². The molecule has 2 aromatic heterocycles. The Morgan fingerprint density at radius 2 is 1.91 bits per heavy atom. The minimum Gasteiger partial charge on any atom is -0.790 e. The van der Waals surface area contributed by atoms with Gasteiger partial charge in [0.25, 0.3) is 15.6 Å². The highest BCUT2D eigenvalue weighted by Crippen LogP contribution is 2.60. The number of aliphatic hydroxyl groups excluding tert-OH is 1. The summed E-state index contributed by atoms with van der Waals surface area (Å²) < 4.78 is 51.3. The Morgan fingerprint density at radius 3 is 2.56 bits per heavy atom. The summed E-state index contributed by atoms with van der Waals surface area (Å²) in [6, 6.07) is 0. The molecule has 5 unspecified atom stereocenters. The van der Waals surface area contributed by atoms with Crippen molar-refractivity contribution in [3.8, 4) is 11.8 Å². The highest BCUT2D eigenvalue weighted by Gasteiger charge is 2.37. The van der Waals surface area contributed by atoms with Crippen molar-refractivity contribution in [1.82, 2.24) is 14.5 Å². The number of anilines is 1. The van der Waals surface area contributed by atoms with Gasteiger partial charge in [0.1, 0.15) is 30.1 Å². The molecule has 1 saturated heterocycles. The topological polar surface area (TPSA) is 283 Å². The minimum atomic E-state index is -6.11. The molecule has 5 atom stereocenters. The molecule has 0 aromatic carbocycles. The van der Waals surface area contributed by atoms with Crippen LogP contribution in [0.5, 0.6) is 0 Å². The summed E-state index contributed by atoms with van der Waals surface area (Å²) in [7, 11) is -18.0. The number of ether oxygens (including phenoxy) is 1. The number of hydrogen-bond donors (Lipinski definition) is 3. The summed E-state index contributed by atoms with van der Waals surface area (Å²) in [6.07, 6.45) is -0.856. The molecule has 1 aliphatic rings. The number of aliphatic hydroxyl groups is 1. The Hall–Kier alpha value is -1.73. The quantitative estimate of drug-likeness (QED) is 0.220. The van der Waals surface area contributed by atoms with Crippen molar-refractivity contribution in [2.24, 2.45) is 5.73 Å². The molecule has 0 radical (unpaired) electrons. The van der Waals surface area contributed by atoms with Gasteiger partial charge >= 0.3 is 0 Å². The molecule has 3 heterocycles. The van der Waals surface area contributed by atoms with Crippen LogP contribution in [0.1, 0.15) is 18.2 Å². The van der Waals surface area contributed by atoms with Crippen molar-refractivity contribution in [2.75, 3.05) is 18.9 Å². The summed E-state index contributed by atoms with van der Waals surface area (Å²) in [5.74, 6) is 5.60. The molecule has 34 heavy (non-hydrogen) atoms. The fraction of sp³-hybridized carbons (Fsp3) is 0.429. The van der Waals surface area contributed by atoms with E-state index in [1.807, 2.05) is 0 Å². The molecule has 17 nitrogen and oxygen atoms in total. The van der Waals surface area contributed by atoms with Crippen LogP contribution in [-0.2, 0) is 31.6 Å². The van der Waals surface area contributed by atoms with E-state index in [-0.39, 0.29) is 18.8 Å². The van der Waals surface area contributed by atoms with Crippen LogP contribution in [0.3, 0.4) is 0 Å². The van der Waals surface area contributed by atoms with Crippen LogP contribution < -0.4 is 31.0 Å². The van der Waals surface area contributed by atoms with E-state index in [1.54, 1.807) is 0 Å². The normalized spacial score (nSPS) is 24.4. The van der Waals surface area contributed by atoms with Gasteiger partial charge in [0.05, 0.1) is 38.0 Å². The molecular formula is C14H16N5O12P3-4. The van der Waals surface area contributed by atoms with Crippen LogP contribution in [0, 0.1) is 11.8 Å². The molecule has 2 aromatic rings. The maximum absolute atomic E-state index is 11.7. The van der Waals surface area contributed by atoms with Crippen LogP contribution in [0.4, 0.5) is 5.82 Å². The maximum Gasteiger partial charge on any atom is 0.278 e. The monoisotopic (exact) mass is 539 g/mol. The van der Waals surface area contributed by atoms with Crippen molar-refractivity contribution in [3.63, 3.8) is 0 Å². The molecule has 0 amide bonds. The average molecular weight is 539 g/mol. The predicted molar refractivity (Wildman–Crippen MR) is 103 cm³/mol. The lowest BCUT2D eigenvalue weighted by atomic mass is 10.2. The SMILES string of the molecule is NCC#Cc1cn(C2CC(O)C(COP(=O)([O-])OP(=O)([O-])OP(=O)([O-])[O-])O2)c2ncnc(N)c12. The van der Waals surface area contributed by atoms with Crippen LogP contribution >= 0.6 is 23.5 Å². The van der Waals surface area contributed by atoms with Gasteiger partial charge < -0.3 is 54.5 Å². The Kier molecular flexibility index (Phi) is 7.98. The zero-order valence-corrected chi connectivity index (χ0v) is 19.5. The number of rotatable bonds is 8. The van der Waals surface area contributed by atoms with Crippen molar-refractivity contribution >= 4 is 40.3 Å². The molecule has 188 valence electrons. The number of aromatic nitrogens is 3. The van der Waals surface area contributed by atoms with Gasteiger partial charge in [-0.3, -0.25) is 13.4 Å². The van der Waals surface area contributed by atoms with Gasteiger partial charge in [-0.05, 0) is 0 Å². The first kappa shape index (κ1) is 26.9. The summed E-state index contributed by atoms with van der Waals surface area (Å²) in [4.78, 5) is 51.7. The lowest BCUT2D eigenvalue weighted by Gasteiger charge is -2.37. The molecule has 1 fully saturated rings. The van der Waals surface area contributed by atoms with Gasteiger partial charge in [-0.15, -0.1) is 0 Å². The number of phosphoric ester groups is 1.